The number of benzene rings is 3. The fourth-order valence-corrected chi connectivity index (χ4v) is 5.10. The highest BCUT2D eigenvalue weighted by molar-refractivity contribution is 6.03. The topological polar surface area (TPSA) is 141 Å². The first-order valence-electron chi connectivity index (χ1n) is 12.4. The van der Waals surface area contributed by atoms with Crippen LogP contribution in [0.3, 0.4) is 0 Å². The van der Waals surface area contributed by atoms with Gasteiger partial charge >= 0.3 is 17.9 Å². The number of hydrogen-bond acceptors (Lipinski definition) is 8. The summed E-state index contributed by atoms with van der Waals surface area (Å²) in [7, 11) is 1.44. The lowest BCUT2D eigenvalue weighted by Gasteiger charge is -2.43. The number of hydrogen-bond donors (Lipinski definition) is 2. The number of ether oxygens (including phenoxy) is 4. The minimum absolute atomic E-state index is 0.218. The Balaban J connectivity index is 1.78. The Morgan fingerprint density at radius 2 is 1.74 bits per heavy atom. The van der Waals surface area contributed by atoms with Gasteiger partial charge in [0.05, 0.1) is 41.9 Å². The number of aliphatic carboxylic acids is 1. The van der Waals surface area contributed by atoms with Crippen LogP contribution < -0.4 is 14.9 Å². The maximum absolute atomic E-state index is 13.9. The lowest BCUT2D eigenvalue weighted by molar-refractivity contribution is -0.189. The quantitative estimate of drug-likeness (QED) is 0.272. The van der Waals surface area contributed by atoms with Gasteiger partial charge in [-0.2, -0.15) is 0 Å². The van der Waals surface area contributed by atoms with E-state index in [2.05, 4.69) is 4.98 Å². The van der Waals surface area contributed by atoms with Crippen molar-refractivity contribution >= 4 is 50.5 Å². The number of fused-ring (bicyclic) bond motifs is 5. The van der Waals surface area contributed by atoms with Gasteiger partial charge in [-0.1, -0.05) is 24.3 Å². The summed E-state index contributed by atoms with van der Waals surface area (Å²) in [5.74, 6) is -2.04. The number of rotatable bonds is 6. The van der Waals surface area contributed by atoms with Crippen molar-refractivity contribution in [3.8, 4) is 11.5 Å². The number of carbonyl (C=O) groups excluding carboxylic acids is 2. The van der Waals surface area contributed by atoms with Crippen LogP contribution in [0.1, 0.15) is 45.3 Å². The number of nitrogens with one attached hydrogen (secondary N) is 1. The van der Waals surface area contributed by atoms with Crippen LogP contribution in [0.5, 0.6) is 11.5 Å². The molecule has 0 spiro atoms. The maximum atomic E-state index is 13.9. The van der Waals surface area contributed by atoms with Crippen molar-refractivity contribution in [1.29, 1.82) is 0 Å². The maximum Gasteiger partial charge on any atom is 0.306 e. The first-order valence-corrected chi connectivity index (χ1v) is 12.4. The number of H-pyrrole nitrogens is 1. The zero-order valence-corrected chi connectivity index (χ0v) is 21.8. The van der Waals surface area contributed by atoms with Crippen LogP contribution in [0.2, 0.25) is 0 Å². The number of pyridine rings is 1. The predicted octanol–water partition coefficient (Wildman–Crippen LogP) is 4.39. The molecule has 3 aromatic carbocycles. The van der Waals surface area contributed by atoms with Crippen LogP contribution in [-0.2, 0) is 23.9 Å². The van der Waals surface area contributed by atoms with Crippen LogP contribution in [0.25, 0.3) is 32.6 Å². The summed E-state index contributed by atoms with van der Waals surface area (Å²) in [6.07, 6.45) is -3.12. The third-order valence-electron chi connectivity index (χ3n) is 6.84. The van der Waals surface area contributed by atoms with Crippen LogP contribution in [0.4, 0.5) is 0 Å². The van der Waals surface area contributed by atoms with E-state index in [1.54, 1.807) is 26.0 Å². The molecule has 0 unspecified atom stereocenters. The smallest absolute Gasteiger partial charge is 0.306 e. The van der Waals surface area contributed by atoms with E-state index in [9.17, 15) is 19.2 Å². The SMILES string of the molecule is COc1cc2c(c3[nH]c4cc5ccccc5cc4c(=O)c13)[C@@H](OC(C)=O)[C@@H](OC(=O)CCC(=O)O)C(C)(C)O2. The molecule has 10 heteroatoms. The average Bonchev–Trinajstić information content (AvgIpc) is 2.87. The van der Waals surface area contributed by atoms with Gasteiger partial charge in [0.1, 0.15) is 17.1 Å². The number of carboxylic acid groups (broad SMARTS) is 1. The summed E-state index contributed by atoms with van der Waals surface area (Å²) in [4.78, 5) is 53.1. The fraction of sp³-hybridized carbons (Fsp3) is 0.310. The second-order valence-corrected chi connectivity index (χ2v) is 9.98. The van der Waals surface area contributed by atoms with E-state index in [1.807, 2.05) is 30.3 Å². The molecule has 10 nitrogen and oxygen atoms in total. The number of esters is 2. The zero-order valence-electron chi connectivity index (χ0n) is 21.8. The lowest BCUT2D eigenvalue weighted by Crippen LogP contribution is -2.52. The molecular formula is C29H27NO9. The molecule has 0 saturated carbocycles. The molecule has 2 atom stereocenters. The third kappa shape index (κ3) is 4.62. The van der Waals surface area contributed by atoms with E-state index in [0.717, 1.165) is 10.8 Å². The number of aromatic amines is 1. The van der Waals surface area contributed by atoms with E-state index in [4.69, 9.17) is 24.1 Å². The zero-order chi connectivity index (χ0) is 28.1. The van der Waals surface area contributed by atoms with Crippen molar-refractivity contribution < 1.29 is 38.4 Å². The highest BCUT2D eigenvalue weighted by atomic mass is 16.6. The molecule has 0 saturated heterocycles. The Bertz CT molecular complexity index is 1720. The molecule has 39 heavy (non-hydrogen) atoms. The molecule has 1 aromatic heterocycles. The summed E-state index contributed by atoms with van der Waals surface area (Å²) in [6.45, 7) is 4.54. The summed E-state index contributed by atoms with van der Waals surface area (Å²) in [5, 5.41) is 11.4. The summed E-state index contributed by atoms with van der Waals surface area (Å²) in [5.41, 5.74) is -0.333. The minimum atomic E-state index is -1.20. The molecule has 0 amide bonds. The first kappa shape index (κ1) is 26.0. The second-order valence-electron chi connectivity index (χ2n) is 9.98. The normalized spacial score (nSPS) is 17.8. The molecule has 1 aliphatic heterocycles. The highest BCUT2D eigenvalue weighted by Crippen LogP contribution is 2.48. The molecule has 0 radical (unpaired) electrons. The molecule has 1 aliphatic rings. The van der Waals surface area contributed by atoms with E-state index >= 15 is 0 Å². The minimum Gasteiger partial charge on any atom is -0.496 e. The molecule has 0 bridgehead atoms. The molecule has 4 aromatic rings. The molecule has 0 aliphatic carbocycles. The molecule has 2 heterocycles. The number of aromatic nitrogens is 1. The van der Waals surface area contributed by atoms with E-state index in [-0.39, 0.29) is 28.7 Å². The van der Waals surface area contributed by atoms with Crippen LogP contribution in [-0.4, -0.2) is 46.8 Å². The Labute approximate surface area is 222 Å². The number of carboxylic acids is 1. The van der Waals surface area contributed by atoms with Gasteiger partial charge < -0.3 is 29.0 Å². The molecule has 5 rings (SSSR count). The van der Waals surface area contributed by atoms with Crippen LogP contribution >= 0.6 is 0 Å². The number of methoxy groups -OCH3 is 1. The van der Waals surface area contributed by atoms with Gasteiger partial charge in [-0.3, -0.25) is 19.2 Å². The number of carbonyl (C=O) groups is 3. The average molecular weight is 534 g/mol. The van der Waals surface area contributed by atoms with Gasteiger partial charge in [0.2, 0.25) is 5.43 Å². The van der Waals surface area contributed by atoms with Gasteiger partial charge in [0.25, 0.3) is 0 Å². The predicted molar refractivity (Wildman–Crippen MR) is 142 cm³/mol. The Hall–Kier alpha value is -4.60. The second kappa shape index (κ2) is 9.61. The monoisotopic (exact) mass is 533 g/mol. The van der Waals surface area contributed by atoms with Crippen molar-refractivity contribution in [3.63, 3.8) is 0 Å². The molecule has 2 N–H and O–H groups in total. The summed E-state index contributed by atoms with van der Waals surface area (Å²) >= 11 is 0. The van der Waals surface area contributed by atoms with Gasteiger partial charge in [0.15, 0.2) is 12.2 Å². The van der Waals surface area contributed by atoms with Crippen molar-refractivity contribution in [3.05, 3.63) is 58.3 Å². The Kier molecular flexibility index (Phi) is 6.41. The van der Waals surface area contributed by atoms with E-state index in [1.165, 1.54) is 14.0 Å². The largest absolute Gasteiger partial charge is 0.496 e. The Morgan fingerprint density at radius 3 is 2.38 bits per heavy atom. The van der Waals surface area contributed by atoms with Gasteiger partial charge in [-0.25, -0.2) is 0 Å². The molecular weight excluding hydrogens is 506 g/mol. The first-order chi connectivity index (χ1) is 18.5. The molecule has 0 fully saturated rings. The van der Waals surface area contributed by atoms with Crippen molar-refractivity contribution in [1.82, 2.24) is 4.98 Å². The van der Waals surface area contributed by atoms with Crippen LogP contribution in [0.15, 0.2) is 47.3 Å². The highest BCUT2D eigenvalue weighted by Gasteiger charge is 2.50. The third-order valence-corrected chi connectivity index (χ3v) is 6.84. The van der Waals surface area contributed by atoms with Gasteiger partial charge in [-0.05, 0) is 36.8 Å². The van der Waals surface area contributed by atoms with Crippen molar-refractivity contribution in [2.24, 2.45) is 0 Å². The summed E-state index contributed by atoms with van der Waals surface area (Å²) in [6, 6.07) is 12.8. The Morgan fingerprint density at radius 1 is 1.05 bits per heavy atom. The van der Waals surface area contributed by atoms with Crippen molar-refractivity contribution in [2.75, 3.05) is 7.11 Å². The van der Waals surface area contributed by atoms with Crippen LogP contribution in [0, 0.1) is 0 Å². The lowest BCUT2D eigenvalue weighted by atomic mass is 9.86. The standard InChI is InChI=1S/C29H27NO9/c1-14(31)37-27-24-20(39-29(2,3)28(27)38-22(34)10-9-21(32)33)13-19(36-4)23-25(24)30-18-12-16-8-6-5-7-15(16)11-17(18)26(23)35/h5-8,11-13,27-28H,9-10H2,1-4H3,(H,30,35)(H,32,33)/t27-,28-/m1/s1. The fourth-order valence-electron chi connectivity index (χ4n) is 5.10. The summed E-state index contributed by atoms with van der Waals surface area (Å²) < 4.78 is 23.2. The van der Waals surface area contributed by atoms with E-state index < -0.39 is 42.1 Å². The van der Waals surface area contributed by atoms with Gasteiger partial charge in [-0.15, -0.1) is 0 Å². The van der Waals surface area contributed by atoms with Gasteiger partial charge in [0, 0.05) is 18.4 Å². The van der Waals surface area contributed by atoms with E-state index in [0.29, 0.717) is 22.0 Å². The van der Waals surface area contributed by atoms with Crippen molar-refractivity contribution in [2.45, 2.75) is 51.4 Å². The molecule has 202 valence electrons.